The van der Waals surface area contributed by atoms with Crippen molar-refractivity contribution < 1.29 is 19.0 Å². The van der Waals surface area contributed by atoms with Gasteiger partial charge in [0.1, 0.15) is 5.75 Å². The summed E-state index contributed by atoms with van der Waals surface area (Å²) in [4.78, 5) is 17.2. The smallest absolute Gasteiger partial charge is 0.257 e. The van der Waals surface area contributed by atoms with Gasteiger partial charge in [-0.3, -0.25) is 4.79 Å². The van der Waals surface area contributed by atoms with Gasteiger partial charge < -0.3 is 24.0 Å². The standard InChI is InChI=1S/C17H24N2O4/c1-18-6-5-11-9-19(10-13(11)18)17(20)12-7-15(22-3)16(23-4)8-14(12)21-2/h7-8,11,13H,5-6,9-10H2,1-4H3/t11-,13+/m0/s1. The maximum absolute atomic E-state index is 13.0. The summed E-state index contributed by atoms with van der Waals surface area (Å²) in [5.41, 5.74) is 0.521. The number of rotatable bonds is 4. The van der Waals surface area contributed by atoms with Crippen molar-refractivity contribution in [3.63, 3.8) is 0 Å². The third-order valence-electron chi connectivity index (χ3n) is 5.05. The van der Waals surface area contributed by atoms with Crippen LogP contribution in [0.2, 0.25) is 0 Å². The van der Waals surface area contributed by atoms with Crippen LogP contribution in [0.25, 0.3) is 0 Å². The summed E-state index contributed by atoms with van der Waals surface area (Å²) < 4.78 is 16.0. The van der Waals surface area contributed by atoms with E-state index in [9.17, 15) is 4.79 Å². The van der Waals surface area contributed by atoms with Crippen molar-refractivity contribution in [2.45, 2.75) is 12.5 Å². The van der Waals surface area contributed by atoms with Gasteiger partial charge in [0.05, 0.1) is 26.9 Å². The Morgan fingerprint density at radius 3 is 2.30 bits per heavy atom. The number of hydrogen-bond acceptors (Lipinski definition) is 5. The molecule has 6 nitrogen and oxygen atoms in total. The van der Waals surface area contributed by atoms with Crippen LogP contribution >= 0.6 is 0 Å². The fourth-order valence-corrected chi connectivity index (χ4v) is 3.70. The summed E-state index contributed by atoms with van der Waals surface area (Å²) in [6.07, 6.45) is 1.16. The summed E-state index contributed by atoms with van der Waals surface area (Å²) in [5.74, 6) is 2.17. The van der Waals surface area contributed by atoms with Crippen LogP contribution in [0, 0.1) is 5.92 Å². The molecule has 2 atom stereocenters. The van der Waals surface area contributed by atoms with Gasteiger partial charge in [0.2, 0.25) is 0 Å². The number of ether oxygens (including phenoxy) is 3. The number of likely N-dealkylation sites (N-methyl/N-ethyl adjacent to an activating group) is 1. The first-order chi connectivity index (χ1) is 11.1. The maximum Gasteiger partial charge on any atom is 0.257 e. The van der Waals surface area contributed by atoms with Crippen molar-refractivity contribution in [3.05, 3.63) is 17.7 Å². The fraction of sp³-hybridized carbons (Fsp3) is 0.588. The van der Waals surface area contributed by atoms with Gasteiger partial charge in [-0.05, 0) is 25.9 Å². The molecule has 3 rings (SSSR count). The molecule has 2 fully saturated rings. The zero-order valence-electron chi connectivity index (χ0n) is 14.2. The van der Waals surface area contributed by atoms with E-state index in [0.29, 0.717) is 34.8 Å². The highest BCUT2D eigenvalue weighted by Gasteiger charge is 2.41. The Hall–Kier alpha value is -1.95. The highest BCUT2D eigenvalue weighted by Crippen LogP contribution is 2.37. The SMILES string of the molecule is COc1cc(OC)c(C(=O)N2C[C@@H]3CCN(C)[C@@H]3C2)cc1OC. The van der Waals surface area contributed by atoms with Gasteiger partial charge in [0, 0.05) is 31.3 Å². The third kappa shape index (κ3) is 2.72. The number of carbonyl (C=O) groups excluding carboxylic acids is 1. The van der Waals surface area contributed by atoms with Crippen molar-refractivity contribution in [2.75, 3.05) is 48.0 Å². The monoisotopic (exact) mass is 320 g/mol. The molecule has 1 amide bonds. The van der Waals surface area contributed by atoms with E-state index >= 15 is 0 Å². The van der Waals surface area contributed by atoms with Crippen LogP contribution in [0.4, 0.5) is 0 Å². The van der Waals surface area contributed by atoms with Crippen LogP contribution < -0.4 is 14.2 Å². The molecule has 0 N–H and O–H groups in total. The van der Waals surface area contributed by atoms with Gasteiger partial charge in [0.25, 0.3) is 5.91 Å². The first-order valence-corrected chi connectivity index (χ1v) is 7.88. The normalized spacial score (nSPS) is 23.7. The van der Waals surface area contributed by atoms with Crippen molar-refractivity contribution in [3.8, 4) is 17.2 Å². The number of hydrogen-bond donors (Lipinski definition) is 0. The number of fused-ring (bicyclic) bond motifs is 1. The lowest BCUT2D eigenvalue weighted by molar-refractivity contribution is 0.0771. The minimum atomic E-state index is -0.00870. The molecule has 1 aromatic rings. The van der Waals surface area contributed by atoms with E-state index in [1.54, 1.807) is 33.5 Å². The second-order valence-electron chi connectivity index (χ2n) is 6.21. The molecule has 2 aliphatic rings. The topological polar surface area (TPSA) is 51.2 Å². The van der Waals surface area contributed by atoms with E-state index in [2.05, 4.69) is 11.9 Å². The van der Waals surface area contributed by atoms with Crippen molar-refractivity contribution in [1.29, 1.82) is 0 Å². The van der Waals surface area contributed by atoms with Crippen LogP contribution in [0.1, 0.15) is 16.8 Å². The predicted molar refractivity (Wildman–Crippen MR) is 86.5 cm³/mol. The quantitative estimate of drug-likeness (QED) is 0.841. The van der Waals surface area contributed by atoms with Crippen LogP contribution in [-0.2, 0) is 0 Å². The van der Waals surface area contributed by atoms with E-state index in [4.69, 9.17) is 14.2 Å². The molecule has 0 aliphatic carbocycles. The lowest BCUT2D eigenvalue weighted by atomic mass is 10.1. The van der Waals surface area contributed by atoms with Crippen molar-refractivity contribution >= 4 is 5.91 Å². The summed E-state index contributed by atoms with van der Waals surface area (Å²) in [6.45, 7) is 2.71. The average molecular weight is 320 g/mol. The minimum Gasteiger partial charge on any atom is -0.496 e. The Morgan fingerprint density at radius 2 is 1.70 bits per heavy atom. The molecule has 2 heterocycles. The number of benzene rings is 1. The number of methoxy groups -OCH3 is 3. The third-order valence-corrected chi connectivity index (χ3v) is 5.05. The molecule has 1 aromatic carbocycles. The van der Waals surface area contributed by atoms with Gasteiger partial charge in [0.15, 0.2) is 11.5 Å². The van der Waals surface area contributed by atoms with E-state index in [1.807, 2.05) is 4.90 Å². The lowest BCUT2D eigenvalue weighted by Crippen LogP contribution is -2.35. The molecule has 0 aromatic heterocycles. The Morgan fingerprint density at radius 1 is 1.04 bits per heavy atom. The number of nitrogens with zero attached hydrogens (tertiary/aromatic N) is 2. The molecule has 6 heteroatoms. The van der Waals surface area contributed by atoms with Gasteiger partial charge in [-0.15, -0.1) is 0 Å². The highest BCUT2D eigenvalue weighted by atomic mass is 16.5. The second-order valence-corrected chi connectivity index (χ2v) is 6.21. The molecule has 0 saturated carbocycles. The second kappa shape index (κ2) is 6.28. The van der Waals surface area contributed by atoms with E-state index in [1.165, 1.54) is 0 Å². The molecule has 2 aliphatic heterocycles. The number of carbonyl (C=O) groups is 1. The highest BCUT2D eigenvalue weighted by molar-refractivity contribution is 5.98. The Kier molecular flexibility index (Phi) is 4.35. The largest absolute Gasteiger partial charge is 0.496 e. The summed E-state index contributed by atoms with van der Waals surface area (Å²) in [6, 6.07) is 3.89. The molecule has 0 spiro atoms. The van der Waals surface area contributed by atoms with E-state index in [0.717, 1.165) is 26.1 Å². The molecule has 0 bridgehead atoms. The Balaban J connectivity index is 1.87. The first kappa shape index (κ1) is 15.9. The molecule has 0 radical (unpaired) electrons. The fourth-order valence-electron chi connectivity index (χ4n) is 3.70. The van der Waals surface area contributed by atoms with Gasteiger partial charge in [-0.1, -0.05) is 0 Å². The Labute approximate surface area is 136 Å². The lowest BCUT2D eigenvalue weighted by Gasteiger charge is -2.22. The summed E-state index contributed by atoms with van der Waals surface area (Å²) in [5, 5.41) is 0. The van der Waals surface area contributed by atoms with Crippen molar-refractivity contribution in [1.82, 2.24) is 9.80 Å². The van der Waals surface area contributed by atoms with Crippen LogP contribution in [0.15, 0.2) is 12.1 Å². The zero-order chi connectivity index (χ0) is 16.6. The Bertz CT molecular complexity index is 605. The number of amides is 1. The van der Waals surface area contributed by atoms with Gasteiger partial charge in [-0.2, -0.15) is 0 Å². The van der Waals surface area contributed by atoms with Gasteiger partial charge in [-0.25, -0.2) is 0 Å². The first-order valence-electron chi connectivity index (χ1n) is 7.88. The molecule has 2 saturated heterocycles. The van der Waals surface area contributed by atoms with Crippen molar-refractivity contribution in [2.24, 2.45) is 5.92 Å². The van der Waals surface area contributed by atoms with Crippen LogP contribution in [0.3, 0.4) is 0 Å². The number of likely N-dealkylation sites (tertiary alicyclic amines) is 2. The summed E-state index contributed by atoms with van der Waals surface area (Å²) >= 11 is 0. The zero-order valence-corrected chi connectivity index (χ0v) is 14.2. The average Bonchev–Trinajstić information content (AvgIpc) is 3.15. The summed E-state index contributed by atoms with van der Waals surface area (Å²) in [7, 11) is 6.82. The van der Waals surface area contributed by atoms with E-state index in [-0.39, 0.29) is 5.91 Å². The molecular formula is C17H24N2O4. The van der Waals surface area contributed by atoms with Gasteiger partial charge >= 0.3 is 0 Å². The van der Waals surface area contributed by atoms with Crippen LogP contribution in [-0.4, -0.2) is 69.8 Å². The van der Waals surface area contributed by atoms with E-state index < -0.39 is 0 Å². The molecule has 126 valence electrons. The van der Waals surface area contributed by atoms with Crippen LogP contribution in [0.5, 0.6) is 17.2 Å². The molecule has 23 heavy (non-hydrogen) atoms. The molecular weight excluding hydrogens is 296 g/mol. The predicted octanol–water partition coefficient (Wildman–Crippen LogP) is 1.49. The molecule has 0 unspecified atom stereocenters. The minimum absolute atomic E-state index is 0.00870. The maximum atomic E-state index is 13.0.